The van der Waals surface area contributed by atoms with E-state index in [-0.39, 0.29) is 5.91 Å². The average Bonchev–Trinajstić information content (AvgIpc) is 2.54. The van der Waals surface area contributed by atoms with Gasteiger partial charge in [-0.05, 0) is 49.9 Å². The monoisotopic (exact) mass is 284 g/mol. The molecule has 1 saturated heterocycles. The number of amides is 1. The maximum Gasteiger partial charge on any atom is 0.253 e. The number of benzene rings is 1. The fourth-order valence-electron chi connectivity index (χ4n) is 3.00. The van der Waals surface area contributed by atoms with Crippen molar-refractivity contribution in [3.05, 3.63) is 36.2 Å². The van der Waals surface area contributed by atoms with Crippen molar-refractivity contribution in [2.24, 2.45) is 11.7 Å². The van der Waals surface area contributed by atoms with E-state index >= 15 is 0 Å². The summed E-state index contributed by atoms with van der Waals surface area (Å²) >= 11 is 0. The van der Waals surface area contributed by atoms with Crippen molar-refractivity contribution >= 4 is 16.9 Å². The second-order valence-electron chi connectivity index (χ2n) is 5.60. The average molecular weight is 284 g/mol. The van der Waals surface area contributed by atoms with Crippen LogP contribution in [0.5, 0.6) is 0 Å². The summed E-state index contributed by atoms with van der Waals surface area (Å²) in [5.41, 5.74) is 7.90. The SMILES string of the molecule is NCCC1CCCN(C(=O)c2ccc3nccnc3c2)C1. The predicted molar refractivity (Wildman–Crippen MR) is 81.8 cm³/mol. The van der Waals surface area contributed by atoms with E-state index in [0.717, 1.165) is 37.0 Å². The molecule has 1 aliphatic heterocycles. The molecule has 0 bridgehead atoms. The van der Waals surface area contributed by atoms with Gasteiger partial charge in [-0.1, -0.05) is 0 Å². The van der Waals surface area contributed by atoms with Crippen molar-refractivity contribution in [3.8, 4) is 0 Å². The van der Waals surface area contributed by atoms with Crippen LogP contribution in [0.4, 0.5) is 0 Å². The first kappa shape index (κ1) is 13.9. The summed E-state index contributed by atoms with van der Waals surface area (Å²) in [5, 5.41) is 0. The second-order valence-corrected chi connectivity index (χ2v) is 5.60. The largest absolute Gasteiger partial charge is 0.338 e. The van der Waals surface area contributed by atoms with Gasteiger partial charge in [0.2, 0.25) is 0 Å². The standard InChI is InChI=1S/C16H20N4O/c17-6-5-12-2-1-9-20(11-12)16(21)13-3-4-14-15(10-13)19-8-7-18-14/h3-4,7-8,10,12H,1-2,5-6,9,11,17H2. The molecule has 1 fully saturated rings. The molecular formula is C16H20N4O. The van der Waals surface area contributed by atoms with E-state index in [0.29, 0.717) is 18.0 Å². The van der Waals surface area contributed by atoms with E-state index in [1.807, 2.05) is 23.1 Å². The number of hydrogen-bond donors (Lipinski definition) is 1. The zero-order valence-corrected chi connectivity index (χ0v) is 12.0. The minimum absolute atomic E-state index is 0.0873. The van der Waals surface area contributed by atoms with E-state index in [9.17, 15) is 4.79 Å². The normalized spacial score (nSPS) is 18.9. The number of piperidine rings is 1. The maximum absolute atomic E-state index is 12.6. The van der Waals surface area contributed by atoms with Gasteiger partial charge in [-0.2, -0.15) is 0 Å². The van der Waals surface area contributed by atoms with Gasteiger partial charge >= 0.3 is 0 Å². The molecule has 5 heteroatoms. The summed E-state index contributed by atoms with van der Waals surface area (Å²) in [4.78, 5) is 23.1. The van der Waals surface area contributed by atoms with Gasteiger partial charge < -0.3 is 10.6 Å². The molecule has 2 N–H and O–H groups in total. The molecule has 1 aromatic heterocycles. The fourth-order valence-corrected chi connectivity index (χ4v) is 3.00. The Kier molecular flexibility index (Phi) is 4.10. The second kappa shape index (κ2) is 6.18. The van der Waals surface area contributed by atoms with Crippen molar-refractivity contribution in [1.82, 2.24) is 14.9 Å². The van der Waals surface area contributed by atoms with E-state index in [1.165, 1.54) is 6.42 Å². The lowest BCUT2D eigenvalue weighted by Crippen LogP contribution is -2.40. The lowest BCUT2D eigenvalue weighted by Gasteiger charge is -2.32. The molecule has 0 saturated carbocycles. The first-order valence-corrected chi connectivity index (χ1v) is 7.48. The van der Waals surface area contributed by atoms with Gasteiger partial charge in [-0.15, -0.1) is 0 Å². The lowest BCUT2D eigenvalue weighted by atomic mass is 9.94. The number of fused-ring (bicyclic) bond motifs is 1. The molecule has 0 aliphatic carbocycles. The van der Waals surface area contributed by atoms with E-state index in [2.05, 4.69) is 9.97 Å². The van der Waals surface area contributed by atoms with Crippen molar-refractivity contribution in [3.63, 3.8) is 0 Å². The molecular weight excluding hydrogens is 264 g/mol. The summed E-state index contributed by atoms with van der Waals surface area (Å²) < 4.78 is 0. The third-order valence-electron chi connectivity index (χ3n) is 4.10. The molecule has 5 nitrogen and oxygen atoms in total. The highest BCUT2D eigenvalue weighted by Gasteiger charge is 2.24. The van der Waals surface area contributed by atoms with E-state index < -0.39 is 0 Å². The Bertz CT molecular complexity index is 641. The Morgan fingerprint density at radius 3 is 2.90 bits per heavy atom. The number of aromatic nitrogens is 2. The summed E-state index contributed by atoms with van der Waals surface area (Å²) in [6.45, 7) is 2.34. The van der Waals surface area contributed by atoms with Gasteiger partial charge in [0, 0.05) is 31.0 Å². The van der Waals surface area contributed by atoms with Gasteiger partial charge in [0.15, 0.2) is 0 Å². The van der Waals surface area contributed by atoms with Gasteiger partial charge in [-0.3, -0.25) is 14.8 Å². The molecule has 21 heavy (non-hydrogen) atoms. The van der Waals surface area contributed by atoms with Crippen LogP contribution in [0.25, 0.3) is 11.0 Å². The fraction of sp³-hybridized carbons (Fsp3) is 0.438. The van der Waals surface area contributed by atoms with Crippen LogP contribution in [-0.2, 0) is 0 Å². The van der Waals surface area contributed by atoms with E-state index in [4.69, 9.17) is 5.73 Å². The van der Waals surface area contributed by atoms with Crippen LogP contribution in [0.15, 0.2) is 30.6 Å². The van der Waals surface area contributed by atoms with E-state index in [1.54, 1.807) is 12.4 Å². The highest BCUT2D eigenvalue weighted by molar-refractivity contribution is 5.97. The molecule has 1 amide bonds. The summed E-state index contributed by atoms with van der Waals surface area (Å²) in [7, 11) is 0. The van der Waals surface area contributed by atoms with Gasteiger partial charge in [0.25, 0.3) is 5.91 Å². The minimum atomic E-state index is 0.0873. The first-order valence-electron chi connectivity index (χ1n) is 7.48. The van der Waals surface area contributed by atoms with Crippen LogP contribution >= 0.6 is 0 Å². The van der Waals surface area contributed by atoms with Crippen LogP contribution in [0, 0.1) is 5.92 Å². The number of carbonyl (C=O) groups excluding carboxylic acids is 1. The number of nitrogens with zero attached hydrogens (tertiary/aromatic N) is 3. The predicted octanol–water partition coefficient (Wildman–Crippen LogP) is 1.83. The summed E-state index contributed by atoms with van der Waals surface area (Å²) in [6, 6.07) is 5.53. The maximum atomic E-state index is 12.6. The van der Waals surface area contributed by atoms with Gasteiger partial charge in [0.1, 0.15) is 0 Å². The first-order chi connectivity index (χ1) is 10.3. The molecule has 3 rings (SSSR count). The lowest BCUT2D eigenvalue weighted by molar-refractivity contribution is 0.0669. The van der Waals surface area contributed by atoms with Crippen LogP contribution in [-0.4, -0.2) is 40.4 Å². The number of likely N-dealkylation sites (tertiary alicyclic amines) is 1. The van der Waals surface area contributed by atoms with Crippen LogP contribution in [0.1, 0.15) is 29.6 Å². The van der Waals surface area contributed by atoms with Crippen molar-refractivity contribution in [2.45, 2.75) is 19.3 Å². The molecule has 0 radical (unpaired) electrons. The molecule has 110 valence electrons. The Morgan fingerprint density at radius 1 is 1.29 bits per heavy atom. The van der Waals surface area contributed by atoms with Gasteiger partial charge in [-0.25, -0.2) is 0 Å². The quantitative estimate of drug-likeness (QED) is 0.933. The third-order valence-corrected chi connectivity index (χ3v) is 4.10. The van der Waals surface area contributed by atoms with Crippen molar-refractivity contribution < 1.29 is 4.79 Å². The number of carbonyl (C=O) groups is 1. The zero-order chi connectivity index (χ0) is 14.7. The Morgan fingerprint density at radius 2 is 2.10 bits per heavy atom. The molecule has 2 aromatic rings. The highest BCUT2D eigenvalue weighted by atomic mass is 16.2. The van der Waals surface area contributed by atoms with Crippen LogP contribution in [0.3, 0.4) is 0 Å². The smallest absolute Gasteiger partial charge is 0.253 e. The number of hydrogen-bond acceptors (Lipinski definition) is 4. The van der Waals surface area contributed by atoms with Crippen LogP contribution < -0.4 is 5.73 Å². The summed E-state index contributed by atoms with van der Waals surface area (Å²) in [6.07, 6.45) is 6.53. The van der Waals surface area contributed by atoms with Crippen LogP contribution in [0.2, 0.25) is 0 Å². The molecule has 0 spiro atoms. The number of nitrogens with two attached hydrogens (primary N) is 1. The molecule has 1 aromatic carbocycles. The topological polar surface area (TPSA) is 72.1 Å². The van der Waals surface area contributed by atoms with Crippen molar-refractivity contribution in [2.75, 3.05) is 19.6 Å². The number of rotatable bonds is 3. The Balaban J connectivity index is 1.79. The Hall–Kier alpha value is -2.01. The molecule has 2 heterocycles. The Labute approximate surface area is 124 Å². The highest BCUT2D eigenvalue weighted by Crippen LogP contribution is 2.21. The zero-order valence-electron chi connectivity index (χ0n) is 12.0. The molecule has 1 atom stereocenters. The molecule has 1 aliphatic rings. The molecule has 1 unspecified atom stereocenters. The summed E-state index contributed by atoms with van der Waals surface area (Å²) in [5.74, 6) is 0.622. The van der Waals surface area contributed by atoms with Crippen molar-refractivity contribution in [1.29, 1.82) is 0 Å². The third kappa shape index (κ3) is 3.03. The minimum Gasteiger partial charge on any atom is -0.338 e. The van der Waals surface area contributed by atoms with Gasteiger partial charge in [0.05, 0.1) is 11.0 Å².